The molecule has 0 amide bonds. The van der Waals surface area contributed by atoms with Crippen LogP contribution < -0.4 is 4.74 Å². The number of thiophene rings is 1. The van der Waals surface area contributed by atoms with E-state index in [0.717, 1.165) is 26.3 Å². The van der Waals surface area contributed by atoms with Crippen molar-refractivity contribution in [3.63, 3.8) is 0 Å². The van der Waals surface area contributed by atoms with Gasteiger partial charge in [-0.15, -0.1) is 11.3 Å². The Morgan fingerprint density at radius 1 is 1.10 bits per heavy atom. The molecule has 0 bridgehead atoms. The smallest absolute Gasteiger partial charge is 0.269 e. The van der Waals surface area contributed by atoms with E-state index in [1.54, 1.807) is 30.6 Å². The first-order chi connectivity index (χ1) is 9.67. The molecule has 0 saturated heterocycles. The van der Waals surface area contributed by atoms with Gasteiger partial charge in [-0.25, -0.2) is 0 Å². The van der Waals surface area contributed by atoms with E-state index in [9.17, 15) is 10.1 Å². The topological polar surface area (TPSA) is 52.4 Å². The van der Waals surface area contributed by atoms with Crippen molar-refractivity contribution in [1.29, 1.82) is 0 Å². The van der Waals surface area contributed by atoms with Crippen LogP contribution in [0.25, 0.3) is 20.5 Å². The molecule has 0 atom stereocenters. The average molecular weight is 285 g/mol. The van der Waals surface area contributed by atoms with Crippen LogP contribution in [0.15, 0.2) is 48.5 Å². The number of ether oxygens (including phenoxy) is 1. The number of methoxy groups -OCH3 is 1. The zero-order valence-electron chi connectivity index (χ0n) is 10.7. The van der Waals surface area contributed by atoms with Crippen molar-refractivity contribution in [2.24, 2.45) is 0 Å². The molecule has 20 heavy (non-hydrogen) atoms. The van der Waals surface area contributed by atoms with E-state index in [1.807, 2.05) is 18.2 Å². The largest absolute Gasteiger partial charge is 0.497 e. The lowest BCUT2D eigenvalue weighted by atomic mass is 10.1. The second kappa shape index (κ2) is 4.94. The molecule has 0 unspecified atom stereocenters. The monoisotopic (exact) mass is 285 g/mol. The quantitative estimate of drug-likeness (QED) is 0.526. The number of nitro groups is 1. The van der Waals surface area contributed by atoms with E-state index in [-0.39, 0.29) is 10.6 Å². The first-order valence-corrected chi connectivity index (χ1v) is 6.81. The SMILES string of the molecule is COc1ccc2cc(-c3ccc([N+](=O)[O-])cc3)sc2c1. The van der Waals surface area contributed by atoms with Gasteiger partial charge in [-0.3, -0.25) is 10.1 Å². The van der Waals surface area contributed by atoms with Gasteiger partial charge < -0.3 is 4.74 Å². The van der Waals surface area contributed by atoms with Crippen LogP contribution in [-0.4, -0.2) is 12.0 Å². The summed E-state index contributed by atoms with van der Waals surface area (Å²) in [6.07, 6.45) is 0. The van der Waals surface area contributed by atoms with E-state index < -0.39 is 0 Å². The Bertz CT molecular complexity index is 777. The van der Waals surface area contributed by atoms with Gasteiger partial charge in [0.25, 0.3) is 5.69 Å². The standard InChI is InChI=1S/C15H11NO3S/c1-19-13-7-4-11-8-14(20-15(11)9-13)10-2-5-12(6-3-10)16(17)18/h2-9H,1H3. The van der Waals surface area contributed by atoms with Crippen molar-refractivity contribution < 1.29 is 9.66 Å². The zero-order chi connectivity index (χ0) is 14.1. The summed E-state index contributed by atoms with van der Waals surface area (Å²) >= 11 is 1.64. The van der Waals surface area contributed by atoms with E-state index in [0.29, 0.717) is 0 Å². The van der Waals surface area contributed by atoms with Crippen LogP contribution in [0.1, 0.15) is 0 Å². The Labute approximate surface area is 119 Å². The van der Waals surface area contributed by atoms with Gasteiger partial charge in [-0.05, 0) is 47.3 Å². The zero-order valence-corrected chi connectivity index (χ0v) is 11.5. The molecule has 1 heterocycles. The second-order valence-electron chi connectivity index (χ2n) is 4.32. The fourth-order valence-corrected chi connectivity index (χ4v) is 3.12. The number of hydrogen-bond donors (Lipinski definition) is 0. The highest BCUT2D eigenvalue weighted by Gasteiger charge is 2.08. The van der Waals surface area contributed by atoms with Crippen molar-refractivity contribution in [1.82, 2.24) is 0 Å². The number of non-ortho nitro benzene ring substituents is 1. The Morgan fingerprint density at radius 3 is 2.50 bits per heavy atom. The highest BCUT2D eigenvalue weighted by molar-refractivity contribution is 7.22. The molecule has 5 heteroatoms. The van der Waals surface area contributed by atoms with Crippen LogP contribution in [-0.2, 0) is 0 Å². The van der Waals surface area contributed by atoms with Crippen LogP contribution in [0.2, 0.25) is 0 Å². The van der Waals surface area contributed by atoms with Crippen molar-refractivity contribution >= 4 is 27.1 Å². The Kier molecular flexibility index (Phi) is 3.12. The summed E-state index contributed by atoms with van der Waals surface area (Å²) in [6.45, 7) is 0. The first kappa shape index (κ1) is 12.6. The average Bonchev–Trinajstić information content (AvgIpc) is 2.90. The maximum Gasteiger partial charge on any atom is 0.269 e. The molecule has 0 spiro atoms. The molecule has 3 rings (SSSR count). The number of hydrogen-bond acceptors (Lipinski definition) is 4. The predicted octanol–water partition coefficient (Wildman–Crippen LogP) is 4.49. The summed E-state index contributed by atoms with van der Waals surface area (Å²) in [7, 11) is 1.64. The van der Waals surface area contributed by atoms with Gasteiger partial charge in [0.15, 0.2) is 0 Å². The van der Waals surface area contributed by atoms with Crippen LogP contribution in [0, 0.1) is 10.1 Å². The highest BCUT2D eigenvalue weighted by atomic mass is 32.1. The minimum Gasteiger partial charge on any atom is -0.497 e. The van der Waals surface area contributed by atoms with Gasteiger partial charge in [0.1, 0.15) is 5.75 Å². The third kappa shape index (κ3) is 2.23. The maximum atomic E-state index is 10.7. The molecule has 1 aromatic heterocycles. The van der Waals surface area contributed by atoms with E-state index in [4.69, 9.17) is 4.74 Å². The number of nitro benzene ring substituents is 1. The fraction of sp³-hybridized carbons (Fsp3) is 0.0667. The Morgan fingerprint density at radius 2 is 1.85 bits per heavy atom. The number of nitrogens with zero attached hydrogens (tertiary/aromatic N) is 1. The van der Waals surface area contributed by atoms with E-state index in [1.165, 1.54) is 12.1 Å². The summed E-state index contributed by atoms with van der Waals surface area (Å²) in [5.74, 6) is 0.828. The van der Waals surface area contributed by atoms with Crippen molar-refractivity contribution in [2.75, 3.05) is 7.11 Å². The first-order valence-electron chi connectivity index (χ1n) is 6.00. The summed E-state index contributed by atoms with van der Waals surface area (Å²) in [5, 5.41) is 11.8. The van der Waals surface area contributed by atoms with Crippen LogP contribution in [0.5, 0.6) is 5.75 Å². The number of rotatable bonds is 3. The minimum absolute atomic E-state index is 0.108. The highest BCUT2D eigenvalue weighted by Crippen LogP contribution is 2.35. The van der Waals surface area contributed by atoms with Gasteiger partial charge in [-0.1, -0.05) is 0 Å². The third-order valence-corrected chi connectivity index (χ3v) is 4.24. The lowest BCUT2D eigenvalue weighted by Crippen LogP contribution is -1.86. The van der Waals surface area contributed by atoms with Gasteiger partial charge in [-0.2, -0.15) is 0 Å². The molecule has 0 radical (unpaired) electrons. The van der Waals surface area contributed by atoms with Gasteiger partial charge in [0, 0.05) is 21.7 Å². The molecule has 2 aromatic carbocycles. The van der Waals surface area contributed by atoms with Crippen LogP contribution in [0.4, 0.5) is 5.69 Å². The van der Waals surface area contributed by atoms with Gasteiger partial charge in [0.2, 0.25) is 0 Å². The maximum absolute atomic E-state index is 10.7. The summed E-state index contributed by atoms with van der Waals surface area (Å²) in [6, 6.07) is 14.6. The molecular weight excluding hydrogens is 274 g/mol. The van der Waals surface area contributed by atoms with Crippen LogP contribution in [0.3, 0.4) is 0 Å². The molecule has 0 saturated carbocycles. The number of fused-ring (bicyclic) bond motifs is 1. The van der Waals surface area contributed by atoms with Crippen molar-refractivity contribution in [3.8, 4) is 16.2 Å². The molecule has 0 aliphatic carbocycles. The normalized spacial score (nSPS) is 10.7. The van der Waals surface area contributed by atoms with E-state index in [2.05, 4.69) is 6.07 Å². The molecule has 3 aromatic rings. The lowest BCUT2D eigenvalue weighted by molar-refractivity contribution is -0.384. The molecular formula is C15H11NO3S. The predicted molar refractivity (Wildman–Crippen MR) is 80.5 cm³/mol. The fourth-order valence-electron chi connectivity index (χ4n) is 2.03. The molecule has 0 fully saturated rings. The number of benzene rings is 2. The van der Waals surface area contributed by atoms with Crippen molar-refractivity contribution in [3.05, 3.63) is 58.6 Å². The molecule has 0 aliphatic rings. The van der Waals surface area contributed by atoms with Gasteiger partial charge in [0.05, 0.1) is 12.0 Å². The summed E-state index contributed by atoms with van der Waals surface area (Å²) in [4.78, 5) is 11.4. The van der Waals surface area contributed by atoms with Crippen molar-refractivity contribution in [2.45, 2.75) is 0 Å². The Hall–Kier alpha value is -2.40. The van der Waals surface area contributed by atoms with E-state index >= 15 is 0 Å². The summed E-state index contributed by atoms with van der Waals surface area (Å²) in [5.41, 5.74) is 1.09. The third-order valence-electron chi connectivity index (χ3n) is 3.09. The second-order valence-corrected chi connectivity index (χ2v) is 5.40. The van der Waals surface area contributed by atoms with Crippen LogP contribution >= 0.6 is 11.3 Å². The lowest BCUT2D eigenvalue weighted by Gasteiger charge is -1.97. The van der Waals surface area contributed by atoms with Gasteiger partial charge >= 0.3 is 0 Å². The molecule has 0 N–H and O–H groups in total. The Balaban J connectivity index is 2.03. The molecule has 100 valence electrons. The molecule has 0 aliphatic heterocycles. The molecule has 4 nitrogen and oxygen atoms in total. The summed E-state index contributed by atoms with van der Waals surface area (Å²) < 4.78 is 6.35. The minimum atomic E-state index is -0.389.